The maximum Gasteiger partial charge on any atom is 0.236 e. The van der Waals surface area contributed by atoms with E-state index in [1.54, 1.807) is 6.08 Å². The van der Waals surface area contributed by atoms with Crippen molar-refractivity contribution in [3.63, 3.8) is 0 Å². The maximum absolute atomic E-state index is 10.3. The lowest BCUT2D eigenvalue weighted by Crippen LogP contribution is -2.12. The second-order valence-electron chi connectivity index (χ2n) is 2.68. The standard InChI is InChI=1S/C10H10INO/c1-2-10(11,12-8-13)9-6-4-3-5-7-9/h3-7H,2H2,1H3. The Labute approximate surface area is 91.2 Å². The lowest BCUT2D eigenvalue weighted by atomic mass is 10.1. The van der Waals surface area contributed by atoms with Gasteiger partial charge in [-0.3, -0.25) is 0 Å². The summed E-state index contributed by atoms with van der Waals surface area (Å²) in [5.41, 5.74) is 1.04. The molecule has 68 valence electrons. The molecule has 0 aliphatic rings. The largest absolute Gasteiger partial charge is 0.236 e. The predicted octanol–water partition coefficient (Wildman–Crippen LogP) is 3.02. The quantitative estimate of drug-likeness (QED) is 0.276. The average Bonchev–Trinajstić information content (AvgIpc) is 2.19. The number of alkyl halides is 1. The first-order valence-electron chi connectivity index (χ1n) is 4.06. The molecule has 0 bridgehead atoms. The minimum atomic E-state index is -0.444. The SMILES string of the molecule is CCC(I)(N=C=O)c1ccccc1. The van der Waals surface area contributed by atoms with Crippen molar-refractivity contribution in [3.8, 4) is 0 Å². The van der Waals surface area contributed by atoms with E-state index in [1.165, 1.54) is 0 Å². The van der Waals surface area contributed by atoms with Crippen LogP contribution in [0.25, 0.3) is 0 Å². The molecule has 0 saturated heterocycles. The van der Waals surface area contributed by atoms with E-state index < -0.39 is 3.55 Å². The third-order valence-electron chi connectivity index (χ3n) is 1.91. The zero-order valence-electron chi connectivity index (χ0n) is 7.33. The summed E-state index contributed by atoms with van der Waals surface area (Å²) in [6, 6.07) is 9.77. The molecule has 2 nitrogen and oxygen atoms in total. The van der Waals surface area contributed by atoms with Crippen molar-refractivity contribution in [2.45, 2.75) is 16.9 Å². The summed E-state index contributed by atoms with van der Waals surface area (Å²) in [7, 11) is 0. The maximum atomic E-state index is 10.3. The van der Waals surface area contributed by atoms with Crippen LogP contribution < -0.4 is 0 Å². The van der Waals surface area contributed by atoms with Crippen LogP contribution in [0.3, 0.4) is 0 Å². The first kappa shape index (κ1) is 10.4. The van der Waals surface area contributed by atoms with Gasteiger partial charge in [0.25, 0.3) is 0 Å². The molecule has 0 N–H and O–H groups in total. The Morgan fingerprint density at radius 3 is 2.54 bits per heavy atom. The van der Waals surface area contributed by atoms with Crippen molar-refractivity contribution in [1.82, 2.24) is 0 Å². The normalized spacial score (nSPS) is 14.3. The molecule has 0 spiro atoms. The number of halogens is 1. The Hall–Kier alpha value is -0.670. The van der Waals surface area contributed by atoms with Gasteiger partial charge in [0.05, 0.1) is 0 Å². The molecule has 0 amide bonds. The van der Waals surface area contributed by atoms with Crippen molar-refractivity contribution in [1.29, 1.82) is 0 Å². The van der Waals surface area contributed by atoms with Gasteiger partial charge in [-0.1, -0.05) is 37.3 Å². The van der Waals surface area contributed by atoms with Crippen molar-refractivity contribution in [3.05, 3.63) is 35.9 Å². The summed E-state index contributed by atoms with van der Waals surface area (Å²) in [5.74, 6) is 0. The fourth-order valence-electron chi connectivity index (χ4n) is 1.11. The van der Waals surface area contributed by atoms with Crippen LogP contribution in [0, 0.1) is 0 Å². The molecule has 13 heavy (non-hydrogen) atoms. The number of benzene rings is 1. The second kappa shape index (κ2) is 4.53. The number of hydrogen-bond acceptors (Lipinski definition) is 2. The van der Waals surface area contributed by atoms with Crippen molar-refractivity contribution >= 4 is 28.7 Å². The van der Waals surface area contributed by atoms with Gasteiger partial charge in [0, 0.05) is 0 Å². The van der Waals surface area contributed by atoms with Gasteiger partial charge in [0.2, 0.25) is 6.08 Å². The molecular weight excluding hydrogens is 277 g/mol. The summed E-state index contributed by atoms with van der Waals surface area (Å²) in [6.07, 6.45) is 2.41. The van der Waals surface area contributed by atoms with Gasteiger partial charge in [-0.2, -0.15) is 4.99 Å². The van der Waals surface area contributed by atoms with Gasteiger partial charge < -0.3 is 0 Å². The number of isocyanates is 1. The Morgan fingerprint density at radius 2 is 2.08 bits per heavy atom. The van der Waals surface area contributed by atoms with E-state index in [0.29, 0.717) is 0 Å². The van der Waals surface area contributed by atoms with Gasteiger partial charge in [0.15, 0.2) is 0 Å². The number of rotatable bonds is 3. The molecular formula is C10H10INO. The molecule has 1 rings (SSSR count). The lowest BCUT2D eigenvalue weighted by Gasteiger charge is -2.19. The van der Waals surface area contributed by atoms with E-state index in [4.69, 9.17) is 0 Å². The van der Waals surface area contributed by atoms with Gasteiger partial charge in [0.1, 0.15) is 3.55 Å². The molecule has 0 heterocycles. The zero-order chi connectivity index (χ0) is 9.73. The van der Waals surface area contributed by atoms with Crippen molar-refractivity contribution < 1.29 is 4.79 Å². The van der Waals surface area contributed by atoms with E-state index in [1.807, 2.05) is 37.3 Å². The van der Waals surface area contributed by atoms with Crippen LogP contribution in [0.5, 0.6) is 0 Å². The molecule has 1 aromatic rings. The van der Waals surface area contributed by atoms with E-state index in [-0.39, 0.29) is 0 Å². The molecule has 1 unspecified atom stereocenters. The Kier molecular flexibility index (Phi) is 3.63. The highest BCUT2D eigenvalue weighted by atomic mass is 127. The summed E-state index contributed by atoms with van der Waals surface area (Å²) >= 11 is 2.18. The molecule has 0 aromatic heterocycles. The fraction of sp³-hybridized carbons (Fsp3) is 0.300. The van der Waals surface area contributed by atoms with Crippen LogP contribution in [-0.4, -0.2) is 6.08 Å². The molecule has 1 atom stereocenters. The van der Waals surface area contributed by atoms with Gasteiger partial charge in [-0.15, -0.1) is 0 Å². The third-order valence-corrected chi connectivity index (χ3v) is 3.53. The third kappa shape index (κ3) is 2.39. The molecule has 3 heteroatoms. The molecule has 0 aliphatic carbocycles. The number of hydrogen-bond donors (Lipinski definition) is 0. The second-order valence-corrected chi connectivity index (χ2v) is 4.47. The molecule has 0 aliphatic heterocycles. The van der Waals surface area contributed by atoms with Gasteiger partial charge >= 0.3 is 0 Å². The average molecular weight is 287 g/mol. The topological polar surface area (TPSA) is 29.4 Å². The number of aliphatic imine (C=N–C) groups is 1. The summed E-state index contributed by atoms with van der Waals surface area (Å²) in [4.78, 5) is 14.1. The highest BCUT2D eigenvalue weighted by Gasteiger charge is 2.25. The van der Waals surface area contributed by atoms with Crippen LogP contribution in [0.4, 0.5) is 0 Å². The smallest absolute Gasteiger partial charge is 0.211 e. The van der Waals surface area contributed by atoms with E-state index >= 15 is 0 Å². The monoisotopic (exact) mass is 287 g/mol. The first-order valence-corrected chi connectivity index (χ1v) is 5.14. The minimum absolute atomic E-state index is 0.444. The Morgan fingerprint density at radius 1 is 1.46 bits per heavy atom. The van der Waals surface area contributed by atoms with E-state index in [2.05, 4.69) is 27.6 Å². The zero-order valence-corrected chi connectivity index (χ0v) is 9.48. The molecule has 0 fully saturated rings. The number of carbonyl (C=O) groups excluding carboxylic acids is 1. The lowest BCUT2D eigenvalue weighted by molar-refractivity contribution is 0.553. The summed E-state index contributed by atoms with van der Waals surface area (Å²) < 4.78 is -0.444. The van der Waals surface area contributed by atoms with Crippen LogP contribution in [0.1, 0.15) is 18.9 Å². The van der Waals surface area contributed by atoms with Crippen LogP contribution in [0.2, 0.25) is 0 Å². The Balaban J connectivity index is 3.10. The van der Waals surface area contributed by atoms with Gasteiger partial charge in [-0.05, 0) is 34.6 Å². The highest BCUT2D eigenvalue weighted by Crippen LogP contribution is 2.36. The minimum Gasteiger partial charge on any atom is -0.211 e. The van der Waals surface area contributed by atoms with Crippen LogP contribution >= 0.6 is 22.6 Å². The fourth-order valence-corrected chi connectivity index (χ4v) is 1.57. The van der Waals surface area contributed by atoms with Crippen LogP contribution in [0.15, 0.2) is 35.3 Å². The predicted molar refractivity (Wildman–Crippen MR) is 60.6 cm³/mol. The molecule has 0 saturated carbocycles. The van der Waals surface area contributed by atoms with Crippen LogP contribution in [-0.2, 0) is 8.34 Å². The summed E-state index contributed by atoms with van der Waals surface area (Å²) in [6.45, 7) is 2.00. The number of nitrogens with zero attached hydrogens (tertiary/aromatic N) is 1. The van der Waals surface area contributed by atoms with E-state index in [0.717, 1.165) is 12.0 Å². The summed E-state index contributed by atoms with van der Waals surface area (Å²) in [5, 5.41) is 0. The van der Waals surface area contributed by atoms with Gasteiger partial charge in [-0.25, -0.2) is 4.79 Å². The molecule has 1 aromatic carbocycles. The van der Waals surface area contributed by atoms with Crippen molar-refractivity contribution in [2.24, 2.45) is 4.99 Å². The Bertz CT molecular complexity index is 319. The first-order chi connectivity index (χ1) is 6.23. The van der Waals surface area contributed by atoms with E-state index in [9.17, 15) is 4.79 Å². The van der Waals surface area contributed by atoms with Crippen molar-refractivity contribution in [2.75, 3.05) is 0 Å². The molecule has 0 radical (unpaired) electrons. The highest BCUT2D eigenvalue weighted by molar-refractivity contribution is 14.1.